The van der Waals surface area contributed by atoms with E-state index in [0.717, 1.165) is 0 Å². The largest absolute Gasteiger partial charge is 0.534 e. The zero-order chi connectivity index (χ0) is 10.7. The van der Waals surface area contributed by atoms with Gasteiger partial charge in [0.05, 0.1) is 0 Å². The lowest BCUT2D eigenvalue weighted by Gasteiger charge is -2.10. The highest BCUT2D eigenvalue weighted by atomic mass is 32.2. The Bertz CT molecular complexity index is 289. The number of hydrogen-bond donors (Lipinski definition) is 0. The van der Waals surface area contributed by atoms with E-state index in [1.54, 1.807) is 0 Å². The first-order valence-corrected chi connectivity index (χ1v) is 4.81. The van der Waals surface area contributed by atoms with Crippen molar-refractivity contribution < 1.29 is 25.8 Å². The predicted octanol–water partition coefficient (Wildman–Crippen LogP) is 2.17. The number of alkyl halides is 3. The Hall–Kier alpha value is -0.720. The molecule has 0 fully saturated rings. The number of halogens is 3. The second kappa shape index (κ2) is 3.99. The van der Waals surface area contributed by atoms with Crippen LogP contribution in [0.2, 0.25) is 0 Å². The van der Waals surface area contributed by atoms with Crippen molar-refractivity contribution in [3.05, 3.63) is 11.8 Å². The molecule has 78 valence electrons. The molecule has 0 aliphatic rings. The van der Waals surface area contributed by atoms with Gasteiger partial charge < -0.3 is 4.18 Å². The fraction of sp³-hybridized carbons (Fsp3) is 0.667. The van der Waals surface area contributed by atoms with Crippen molar-refractivity contribution in [3.63, 3.8) is 0 Å². The molecule has 0 bridgehead atoms. The monoisotopic (exact) mass is 218 g/mol. The molecule has 0 aliphatic carbocycles. The third kappa shape index (κ3) is 3.25. The average molecular weight is 218 g/mol. The minimum atomic E-state index is -5.49. The molecule has 0 aliphatic heterocycles. The van der Waals surface area contributed by atoms with E-state index >= 15 is 0 Å². The van der Waals surface area contributed by atoms with Crippen molar-refractivity contribution in [2.24, 2.45) is 0 Å². The third-order valence-electron chi connectivity index (χ3n) is 1.17. The zero-order valence-corrected chi connectivity index (χ0v) is 7.87. The number of allylic oxidation sites excluding steroid dienone is 2. The molecule has 0 saturated heterocycles. The Kier molecular flexibility index (Phi) is 3.77. The van der Waals surface area contributed by atoms with Crippen molar-refractivity contribution in [1.82, 2.24) is 0 Å². The van der Waals surface area contributed by atoms with Crippen LogP contribution in [0, 0.1) is 0 Å². The van der Waals surface area contributed by atoms with E-state index in [1.165, 1.54) is 19.9 Å². The van der Waals surface area contributed by atoms with Gasteiger partial charge in [0.15, 0.2) is 0 Å². The maximum atomic E-state index is 11.7. The smallest absolute Gasteiger partial charge is 0.381 e. The Balaban J connectivity index is 4.73. The highest BCUT2D eigenvalue weighted by Crippen LogP contribution is 2.26. The summed E-state index contributed by atoms with van der Waals surface area (Å²) >= 11 is 0. The van der Waals surface area contributed by atoms with E-state index in [1.807, 2.05) is 0 Å². The lowest BCUT2D eigenvalue weighted by atomic mass is 10.4. The molecule has 0 rings (SSSR count). The summed E-state index contributed by atoms with van der Waals surface area (Å²) in [6, 6.07) is 0. The van der Waals surface area contributed by atoms with Gasteiger partial charge in [0.2, 0.25) is 0 Å². The second-order valence-corrected chi connectivity index (χ2v) is 3.63. The van der Waals surface area contributed by atoms with E-state index in [0.29, 0.717) is 0 Å². The highest BCUT2D eigenvalue weighted by molar-refractivity contribution is 7.87. The summed E-state index contributed by atoms with van der Waals surface area (Å²) in [6.07, 6.45) is 1.26. The quantitative estimate of drug-likeness (QED) is 0.414. The van der Waals surface area contributed by atoms with Gasteiger partial charge >= 0.3 is 15.6 Å². The summed E-state index contributed by atoms with van der Waals surface area (Å²) in [5.74, 6) is -0.225. The molecule has 0 aromatic carbocycles. The van der Waals surface area contributed by atoms with Crippen molar-refractivity contribution in [1.29, 1.82) is 0 Å². The summed E-state index contributed by atoms with van der Waals surface area (Å²) in [4.78, 5) is 0. The SMILES string of the molecule is C/C=C(\CC)OS(=O)(=O)C(F)(F)F. The van der Waals surface area contributed by atoms with Crippen molar-refractivity contribution in [3.8, 4) is 0 Å². The summed E-state index contributed by atoms with van der Waals surface area (Å²) < 4.78 is 59.8. The van der Waals surface area contributed by atoms with E-state index in [9.17, 15) is 21.6 Å². The summed E-state index contributed by atoms with van der Waals surface area (Å²) in [6.45, 7) is 2.88. The van der Waals surface area contributed by atoms with Crippen molar-refractivity contribution >= 4 is 10.1 Å². The van der Waals surface area contributed by atoms with Crippen LogP contribution in [0.5, 0.6) is 0 Å². The molecule has 0 saturated carbocycles. The molecular formula is C6H9F3O3S. The minimum absolute atomic E-state index is 0.0891. The van der Waals surface area contributed by atoms with Crippen LogP contribution in [0.25, 0.3) is 0 Å². The lowest BCUT2D eigenvalue weighted by Crippen LogP contribution is -2.25. The minimum Gasteiger partial charge on any atom is -0.381 e. The van der Waals surface area contributed by atoms with Gasteiger partial charge in [0, 0.05) is 6.42 Å². The fourth-order valence-corrected chi connectivity index (χ4v) is 1.09. The van der Waals surface area contributed by atoms with Crippen LogP contribution in [0.4, 0.5) is 13.2 Å². The Morgan fingerprint density at radius 2 is 1.92 bits per heavy atom. The summed E-state index contributed by atoms with van der Waals surface area (Å²) in [5, 5.41) is 0. The van der Waals surface area contributed by atoms with E-state index in [2.05, 4.69) is 4.18 Å². The molecule has 7 heteroatoms. The van der Waals surface area contributed by atoms with Crippen LogP contribution in [-0.4, -0.2) is 13.9 Å². The van der Waals surface area contributed by atoms with E-state index in [4.69, 9.17) is 0 Å². The van der Waals surface area contributed by atoms with Gasteiger partial charge in [-0.3, -0.25) is 0 Å². The van der Waals surface area contributed by atoms with Crippen LogP contribution in [0.15, 0.2) is 11.8 Å². The molecule has 0 heterocycles. The standard InChI is InChI=1S/C6H9F3O3S/c1-3-5(4-2)12-13(10,11)6(7,8)9/h3H,4H2,1-2H3/b5-3+. The molecule has 0 unspecified atom stereocenters. The molecule has 0 radical (unpaired) electrons. The second-order valence-electron chi connectivity index (χ2n) is 2.09. The first-order valence-electron chi connectivity index (χ1n) is 3.40. The predicted molar refractivity (Wildman–Crippen MR) is 40.1 cm³/mol. The van der Waals surface area contributed by atoms with Gasteiger partial charge in [0.1, 0.15) is 5.76 Å². The fourth-order valence-electron chi connectivity index (χ4n) is 0.499. The molecule has 0 aromatic heterocycles. The first-order chi connectivity index (χ1) is 5.74. The van der Waals surface area contributed by atoms with Crippen LogP contribution < -0.4 is 0 Å². The van der Waals surface area contributed by atoms with Crippen molar-refractivity contribution in [2.75, 3.05) is 0 Å². The third-order valence-corrected chi connectivity index (χ3v) is 2.17. The van der Waals surface area contributed by atoms with E-state index < -0.39 is 15.6 Å². The zero-order valence-electron chi connectivity index (χ0n) is 7.05. The van der Waals surface area contributed by atoms with Gasteiger partial charge in [-0.15, -0.1) is 0 Å². The van der Waals surface area contributed by atoms with Crippen LogP contribution >= 0.6 is 0 Å². The maximum Gasteiger partial charge on any atom is 0.534 e. The molecule has 0 aromatic rings. The van der Waals surface area contributed by atoms with Crippen LogP contribution in [0.3, 0.4) is 0 Å². The molecule has 0 N–H and O–H groups in total. The molecule has 0 spiro atoms. The van der Waals surface area contributed by atoms with Crippen molar-refractivity contribution in [2.45, 2.75) is 25.8 Å². The van der Waals surface area contributed by atoms with E-state index in [-0.39, 0.29) is 12.2 Å². The average Bonchev–Trinajstić information content (AvgIpc) is 1.98. The topological polar surface area (TPSA) is 43.4 Å². The van der Waals surface area contributed by atoms with Gasteiger partial charge in [0.25, 0.3) is 0 Å². The maximum absolute atomic E-state index is 11.7. The Morgan fingerprint density at radius 1 is 1.46 bits per heavy atom. The summed E-state index contributed by atoms with van der Waals surface area (Å²) in [7, 11) is -5.49. The van der Waals surface area contributed by atoms with Crippen LogP contribution in [-0.2, 0) is 14.3 Å². The molecule has 3 nitrogen and oxygen atoms in total. The molecule has 0 atom stereocenters. The molecular weight excluding hydrogens is 209 g/mol. The van der Waals surface area contributed by atoms with Gasteiger partial charge in [-0.25, -0.2) is 0 Å². The normalized spacial score (nSPS) is 14.4. The molecule has 13 heavy (non-hydrogen) atoms. The van der Waals surface area contributed by atoms with Crippen LogP contribution in [0.1, 0.15) is 20.3 Å². The molecule has 0 amide bonds. The Morgan fingerprint density at radius 3 is 2.15 bits per heavy atom. The first kappa shape index (κ1) is 12.3. The Labute approximate surface area is 74.3 Å². The summed E-state index contributed by atoms with van der Waals surface area (Å²) in [5.41, 5.74) is -5.36. The number of hydrogen-bond acceptors (Lipinski definition) is 3. The van der Waals surface area contributed by atoms with Gasteiger partial charge in [-0.1, -0.05) is 6.92 Å². The lowest BCUT2D eigenvalue weighted by molar-refractivity contribution is -0.0523. The highest BCUT2D eigenvalue weighted by Gasteiger charge is 2.48. The number of rotatable bonds is 3. The van der Waals surface area contributed by atoms with Gasteiger partial charge in [-0.05, 0) is 13.0 Å². The van der Waals surface area contributed by atoms with Gasteiger partial charge in [-0.2, -0.15) is 21.6 Å².